The lowest BCUT2D eigenvalue weighted by Crippen LogP contribution is -2.35. The number of aliphatic hydroxyl groups excluding tert-OH is 1. The molecule has 1 N–H and O–H groups in total. The quantitative estimate of drug-likeness (QED) is 0.746. The summed E-state index contributed by atoms with van der Waals surface area (Å²) < 4.78 is 39.5. The summed E-state index contributed by atoms with van der Waals surface area (Å²) >= 11 is 0. The molecule has 0 atom stereocenters. The van der Waals surface area contributed by atoms with Crippen molar-refractivity contribution in [3.63, 3.8) is 0 Å². The lowest BCUT2D eigenvalue weighted by atomic mass is 10.2. The van der Waals surface area contributed by atoms with Crippen LogP contribution in [0.1, 0.15) is 31.2 Å². The van der Waals surface area contributed by atoms with Gasteiger partial charge >= 0.3 is 0 Å². The van der Waals surface area contributed by atoms with E-state index in [1.807, 2.05) is 0 Å². The first-order valence-corrected chi connectivity index (χ1v) is 8.48. The third kappa shape index (κ3) is 4.26. The summed E-state index contributed by atoms with van der Waals surface area (Å²) in [6.45, 7) is 0.505. The summed E-state index contributed by atoms with van der Waals surface area (Å²) in [4.78, 5) is 0. The van der Waals surface area contributed by atoms with E-state index in [1.165, 1.54) is 22.5 Å². The standard InChI is InChI=1S/C14H20FNO3S/c15-13-5-3-4-12(10-13)11-20(18,19)16(14-6-7-14)8-1-2-9-17/h3-5,10,14,17H,1-2,6-9,11H2. The Morgan fingerprint density at radius 3 is 2.65 bits per heavy atom. The Morgan fingerprint density at radius 2 is 2.05 bits per heavy atom. The molecule has 112 valence electrons. The average molecular weight is 301 g/mol. The van der Waals surface area contributed by atoms with Crippen molar-refractivity contribution in [2.45, 2.75) is 37.5 Å². The Morgan fingerprint density at radius 1 is 1.30 bits per heavy atom. The van der Waals surface area contributed by atoms with Gasteiger partial charge in [0.25, 0.3) is 0 Å². The summed E-state index contributed by atoms with van der Waals surface area (Å²) in [6.07, 6.45) is 3.02. The molecule has 1 aliphatic carbocycles. The van der Waals surface area contributed by atoms with Gasteiger partial charge in [0.1, 0.15) is 5.82 Å². The summed E-state index contributed by atoms with van der Waals surface area (Å²) in [5, 5.41) is 8.79. The summed E-state index contributed by atoms with van der Waals surface area (Å²) in [7, 11) is -3.42. The van der Waals surface area contributed by atoms with E-state index in [9.17, 15) is 12.8 Å². The van der Waals surface area contributed by atoms with Crippen LogP contribution in [-0.2, 0) is 15.8 Å². The molecule has 6 heteroatoms. The number of unbranched alkanes of at least 4 members (excludes halogenated alkanes) is 1. The van der Waals surface area contributed by atoms with E-state index >= 15 is 0 Å². The van der Waals surface area contributed by atoms with Gasteiger partial charge in [0.15, 0.2) is 0 Å². The fourth-order valence-electron chi connectivity index (χ4n) is 2.21. The van der Waals surface area contributed by atoms with Crippen molar-refractivity contribution in [1.29, 1.82) is 0 Å². The number of sulfonamides is 1. The van der Waals surface area contributed by atoms with Gasteiger partial charge in [-0.2, -0.15) is 4.31 Å². The molecule has 1 saturated carbocycles. The number of aliphatic hydroxyl groups is 1. The minimum atomic E-state index is -3.42. The summed E-state index contributed by atoms with van der Waals surface area (Å²) in [6, 6.07) is 5.80. The number of hydrogen-bond donors (Lipinski definition) is 1. The van der Waals surface area contributed by atoms with Crippen molar-refractivity contribution in [2.24, 2.45) is 0 Å². The first kappa shape index (κ1) is 15.4. The molecule has 0 saturated heterocycles. The van der Waals surface area contributed by atoms with Crippen LogP contribution < -0.4 is 0 Å². The van der Waals surface area contributed by atoms with Gasteiger partial charge in [-0.15, -0.1) is 0 Å². The summed E-state index contributed by atoms with van der Waals surface area (Å²) in [5.74, 6) is -0.587. The minimum absolute atomic E-state index is 0.0719. The van der Waals surface area contributed by atoms with Gasteiger partial charge in [-0.3, -0.25) is 0 Å². The van der Waals surface area contributed by atoms with Crippen LogP contribution >= 0.6 is 0 Å². The molecule has 0 unspecified atom stereocenters. The molecule has 0 spiro atoms. The minimum Gasteiger partial charge on any atom is -0.396 e. The maximum absolute atomic E-state index is 13.1. The van der Waals surface area contributed by atoms with Crippen LogP contribution in [0.15, 0.2) is 24.3 Å². The number of nitrogens with zero attached hydrogens (tertiary/aromatic N) is 1. The van der Waals surface area contributed by atoms with Crippen molar-refractivity contribution < 1.29 is 17.9 Å². The second-order valence-electron chi connectivity index (χ2n) is 5.16. The van der Waals surface area contributed by atoms with E-state index < -0.39 is 15.8 Å². The topological polar surface area (TPSA) is 57.6 Å². The van der Waals surface area contributed by atoms with E-state index in [0.29, 0.717) is 24.9 Å². The Kier molecular flexibility index (Phi) is 5.12. The Hall–Kier alpha value is -0.980. The van der Waals surface area contributed by atoms with Crippen molar-refractivity contribution >= 4 is 10.0 Å². The second-order valence-corrected chi connectivity index (χ2v) is 7.08. The Labute approximate surface area is 119 Å². The number of halogens is 1. The monoisotopic (exact) mass is 301 g/mol. The molecule has 4 nitrogen and oxygen atoms in total. The predicted octanol–water partition coefficient (Wildman–Crippen LogP) is 1.89. The molecule has 1 fully saturated rings. The normalized spacial score (nSPS) is 15.8. The van der Waals surface area contributed by atoms with Crippen molar-refractivity contribution in [1.82, 2.24) is 4.31 Å². The zero-order chi connectivity index (χ0) is 14.6. The van der Waals surface area contributed by atoms with Crippen LogP contribution in [0, 0.1) is 5.82 Å². The van der Waals surface area contributed by atoms with Gasteiger partial charge < -0.3 is 5.11 Å². The molecular weight excluding hydrogens is 281 g/mol. The van der Waals surface area contributed by atoms with Crippen LogP contribution in [0.4, 0.5) is 4.39 Å². The smallest absolute Gasteiger partial charge is 0.218 e. The Balaban J connectivity index is 2.06. The van der Waals surface area contributed by atoms with Crippen molar-refractivity contribution in [3.8, 4) is 0 Å². The zero-order valence-electron chi connectivity index (χ0n) is 11.3. The fourth-order valence-corrected chi connectivity index (χ4v) is 4.05. The molecule has 1 aromatic rings. The molecule has 0 amide bonds. The first-order chi connectivity index (χ1) is 9.53. The zero-order valence-corrected chi connectivity index (χ0v) is 12.2. The fraction of sp³-hybridized carbons (Fsp3) is 0.571. The second kappa shape index (κ2) is 6.65. The van der Waals surface area contributed by atoms with Crippen LogP contribution in [0.5, 0.6) is 0 Å². The van der Waals surface area contributed by atoms with Gasteiger partial charge in [-0.05, 0) is 43.4 Å². The van der Waals surface area contributed by atoms with E-state index in [1.54, 1.807) is 6.07 Å². The van der Waals surface area contributed by atoms with Gasteiger partial charge in [-0.25, -0.2) is 12.8 Å². The maximum atomic E-state index is 13.1. The van der Waals surface area contributed by atoms with Crippen LogP contribution in [-0.4, -0.2) is 37.0 Å². The van der Waals surface area contributed by atoms with E-state index in [4.69, 9.17) is 5.11 Å². The molecule has 0 radical (unpaired) electrons. The molecule has 1 aliphatic rings. The average Bonchev–Trinajstić information content (AvgIpc) is 3.18. The third-order valence-electron chi connectivity index (χ3n) is 3.34. The highest BCUT2D eigenvalue weighted by atomic mass is 32.2. The Bertz CT molecular complexity index is 543. The maximum Gasteiger partial charge on any atom is 0.218 e. The molecule has 1 aromatic carbocycles. The molecule has 20 heavy (non-hydrogen) atoms. The molecule has 0 aliphatic heterocycles. The van der Waals surface area contributed by atoms with Gasteiger partial charge in [0, 0.05) is 19.2 Å². The van der Waals surface area contributed by atoms with Crippen molar-refractivity contribution in [3.05, 3.63) is 35.6 Å². The highest BCUT2D eigenvalue weighted by molar-refractivity contribution is 7.88. The number of hydrogen-bond acceptors (Lipinski definition) is 3. The summed E-state index contributed by atoms with van der Waals surface area (Å²) in [5.41, 5.74) is 0.470. The largest absolute Gasteiger partial charge is 0.396 e. The van der Waals surface area contributed by atoms with E-state index in [-0.39, 0.29) is 18.4 Å². The van der Waals surface area contributed by atoms with E-state index in [0.717, 1.165) is 12.8 Å². The molecule has 0 bridgehead atoms. The predicted molar refractivity (Wildman–Crippen MR) is 75.1 cm³/mol. The third-order valence-corrected chi connectivity index (χ3v) is 5.23. The molecule has 2 rings (SSSR count). The highest BCUT2D eigenvalue weighted by Crippen LogP contribution is 2.30. The van der Waals surface area contributed by atoms with Crippen LogP contribution in [0.25, 0.3) is 0 Å². The first-order valence-electron chi connectivity index (χ1n) is 6.88. The lowest BCUT2D eigenvalue weighted by molar-refractivity contribution is 0.275. The number of rotatable bonds is 8. The molecule has 0 heterocycles. The number of benzene rings is 1. The molecule has 0 aromatic heterocycles. The molecular formula is C14H20FNO3S. The highest BCUT2D eigenvalue weighted by Gasteiger charge is 2.36. The van der Waals surface area contributed by atoms with Gasteiger partial charge in [0.2, 0.25) is 10.0 Å². The van der Waals surface area contributed by atoms with E-state index in [2.05, 4.69) is 0 Å². The van der Waals surface area contributed by atoms with Gasteiger partial charge in [-0.1, -0.05) is 12.1 Å². The van der Waals surface area contributed by atoms with Crippen LogP contribution in [0.2, 0.25) is 0 Å². The van der Waals surface area contributed by atoms with Crippen molar-refractivity contribution in [2.75, 3.05) is 13.2 Å². The van der Waals surface area contributed by atoms with Gasteiger partial charge in [0.05, 0.1) is 5.75 Å². The van der Waals surface area contributed by atoms with Crippen LogP contribution in [0.3, 0.4) is 0 Å². The SMILES string of the molecule is O=S(=O)(Cc1cccc(F)c1)N(CCCCO)C1CC1. The lowest BCUT2D eigenvalue weighted by Gasteiger charge is -2.21.